The van der Waals surface area contributed by atoms with Gasteiger partial charge in [-0.15, -0.1) is 0 Å². The molecule has 1 heteroatoms. The van der Waals surface area contributed by atoms with Gasteiger partial charge in [-0.2, -0.15) is 0 Å². The Labute approximate surface area is 89.5 Å². The first-order valence-corrected chi connectivity index (χ1v) is 6.39. The van der Waals surface area contributed by atoms with E-state index in [2.05, 4.69) is 20.8 Å². The first-order valence-electron chi connectivity index (χ1n) is 6.39. The minimum atomic E-state index is 0.470. The lowest BCUT2D eigenvalue weighted by Crippen LogP contribution is -2.34. The average Bonchev–Trinajstić information content (AvgIpc) is 2.18. The van der Waals surface area contributed by atoms with Gasteiger partial charge in [-0.1, -0.05) is 40.0 Å². The lowest BCUT2D eigenvalue weighted by atomic mass is 9.77. The van der Waals surface area contributed by atoms with E-state index in [1.807, 2.05) is 0 Å². The van der Waals surface area contributed by atoms with E-state index < -0.39 is 0 Å². The first kappa shape index (κ1) is 12.0. The molecule has 1 rings (SSSR count). The van der Waals surface area contributed by atoms with Crippen LogP contribution in [0.4, 0.5) is 0 Å². The molecule has 14 heavy (non-hydrogen) atoms. The highest BCUT2D eigenvalue weighted by atomic mass is 14.7. The van der Waals surface area contributed by atoms with E-state index in [1.54, 1.807) is 0 Å². The third-order valence-corrected chi connectivity index (χ3v) is 4.04. The number of hydrogen-bond acceptors (Lipinski definition) is 1. The summed E-state index contributed by atoms with van der Waals surface area (Å²) in [5, 5.41) is 0. The van der Waals surface area contributed by atoms with E-state index in [0.717, 1.165) is 17.8 Å². The summed E-state index contributed by atoms with van der Waals surface area (Å²) >= 11 is 0. The van der Waals surface area contributed by atoms with Crippen LogP contribution in [-0.4, -0.2) is 6.04 Å². The lowest BCUT2D eigenvalue weighted by Gasteiger charge is -2.31. The highest BCUT2D eigenvalue weighted by Gasteiger charge is 2.24. The van der Waals surface area contributed by atoms with Crippen molar-refractivity contribution in [3.8, 4) is 0 Å². The molecule has 0 bridgehead atoms. The highest BCUT2D eigenvalue weighted by Crippen LogP contribution is 2.31. The third kappa shape index (κ3) is 3.61. The van der Waals surface area contributed by atoms with Crippen LogP contribution in [0.2, 0.25) is 0 Å². The van der Waals surface area contributed by atoms with Crippen molar-refractivity contribution in [3.63, 3.8) is 0 Å². The fourth-order valence-electron chi connectivity index (χ4n) is 2.54. The van der Waals surface area contributed by atoms with Gasteiger partial charge in [0.25, 0.3) is 0 Å². The van der Waals surface area contributed by atoms with E-state index in [4.69, 9.17) is 5.73 Å². The van der Waals surface area contributed by atoms with Gasteiger partial charge in [-0.05, 0) is 37.0 Å². The second kappa shape index (κ2) is 5.75. The van der Waals surface area contributed by atoms with Crippen molar-refractivity contribution >= 4 is 0 Å². The normalized spacial score (nSPS) is 32.6. The molecule has 0 radical (unpaired) electrons. The molecule has 0 aromatic rings. The molecule has 0 aliphatic heterocycles. The van der Waals surface area contributed by atoms with Crippen molar-refractivity contribution in [1.29, 1.82) is 0 Å². The molecule has 84 valence electrons. The zero-order chi connectivity index (χ0) is 10.6. The summed E-state index contributed by atoms with van der Waals surface area (Å²) in [7, 11) is 0. The van der Waals surface area contributed by atoms with Crippen molar-refractivity contribution in [3.05, 3.63) is 0 Å². The molecule has 2 unspecified atom stereocenters. The van der Waals surface area contributed by atoms with Crippen LogP contribution in [0.3, 0.4) is 0 Å². The quantitative estimate of drug-likeness (QED) is 0.732. The fourth-order valence-corrected chi connectivity index (χ4v) is 2.54. The molecule has 1 saturated carbocycles. The van der Waals surface area contributed by atoms with E-state index in [0.29, 0.717) is 6.04 Å². The van der Waals surface area contributed by atoms with Gasteiger partial charge in [-0.25, -0.2) is 0 Å². The molecule has 1 fully saturated rings. The highest BCUT2D eigenvalue weighted by molar-refractivity contribution is 4.79. The molecular weight excluding hydrogens is 170 g/mol. The fraction of sp³-hybridized carbons (Fsp3) is 1.00. The lowest BCUT2D eigenvalue weighted by molar-refractivity contribution is 0.234. The molecular formula is C13H27N. The monoisotopic (exact) mass is 197 g/mol. The summed E-state index contributed by atoms with van der Waals surface area (Å²) in [5.74, 6) is 2.58. The van der Waals surface area contributed by atoms with Crippen LogP contribution in [0, 0.1) is 17.8 Å². The molecule has 0 amide bonds. The maximum Gasteiger partial charge on any atom is 0.00696 e. The van der Waals surface area contributed by atoms with Crippen molar-refractivity contribution in [2.45, 2.75) is 65.3 Å². The SMILES string of the molecule is CCC(C)CC(N)C1CCC(C)CC1. The smallest absolute Gasteiger partial charge is 0.00696 e. The summed E-state index contributed by atoms with van der Waals surface area (Å²) in [5.41, 5.74) is 6.27. The van der Waals surface area contributed by atoms with Crippen LogP contribution in [-0.2, 0) is 0 Å². The number of nitrogens with two attached hydrogens (primary N) is 1. The Kier molecular flexibility index (Phi) is 4.94. The van der Waals surface area contributed by atoms with Gasteiger partial charge in [0, 0.05) is 6.04 Å². The van der Waals surface area contributed by atoms with Gasteiger partial charge in [0.15, 0.2) is 0 Å². The van der Waals surface area contributed by atoms with Crippen LogP contribution in [0.1, 0.15) is 59.3 Å². The van der Waals surface area contributed by atoms with Crippen LogP contribution < -0.4 is 5.73 Å². The van der Waals surface area contributed by atoms with Crippen molar-refractivity contribution in [2.24, 2.45) is 23.5 Å². The summed E-state index contributed by atoms with van der Waals surface area (Å²) in [4.78, 5) is 0. The Morgan fingerprint density at radius 2 is 1.79 bits per heavy atom. The van der Waals surface area contributed by atoms with E-state index in [-0.39, 0.29) is 0 Å². The maximum absolute atomic E-state index is 6.27. The summed E-state index contributed by atoms with van der Waals surface area (Å²) in [6.07, 6.45) is 8.06. The van der Waals surface area contributed by atoms with Crippen LogP contribution >= 0.6 is 0 Å². The van der Waals surface area contributed by atoms with E-state index in [1.165, 1.54) is 38.5 Å². The van der Waals surface area contributed by atoms with Crippen LogP contribution in [0.5, 0.6) is 0 Å². The Morgan fingerprint density at radius 1 is 1.21 bits per heavy atom. The minimum Gasteiger partial charge on any atom is -0.327 e. The zero-order valence-corrected chi connectivity index (χ0v) is 10.1. The van der Waals surface area contributed by atoms with Crippen LogP contribution in [0.25, 0.3) is 0 Å². The molecule has 0 spiro atoms. The van der Waals surface area contributed by atoms with Gasteiger partial charge in [0.05, 0.1) is 0 Å². The van der Waals surface area contributed by atoms with Crippen molar-refractivity contribution < 1.29 is 0 Å². The molecule has 1 nitrogen and oxygen atoms in total. The van der Waals surface area contributed by atoms with Crippen molar-refractivity contribution in [2.75, 3.05) is 0 Å². The molecule has 0 saturated heterocycles. The second-order valence-electron chi connectivity index (χ2n) is 5.43. The van der Waals surface area contributed by atoms with E-state index >= 15 is 0 Å². The Hall–Kier alpha value is -0.0400. The predicted molar refractivity (Wildman–Crippen MR) is 63.2 cm³/mol. The molecule has 2 N–H and O–H groups in total. The summed E-state index contributed by atoms with van der Waals surface area (Å²) in [6.45, 7) is 6.96. The van der Waals surface area contributed by atoms with Gasteiger partial charge in [0.1, 0.15) is 0 Å². The van der Waals surface area contributed by atoms with Gasteiger partial charge in [0.2, 0.25) is 0 Å². The third-order valence-electron chi connectivity index (χ3n) is 4.04. The van der Waals surface area contributed by atoms with E-state index in [9.17, 15) is 0 Å². The van der Waals surface area contributed by atoms with Crippen LogP contribution in [0.15, 0.2) is 0 Å². The standard InChI is InChI=1S/C13H27N/c1-4-10(2)9-13(14)12-7-5-11(3)6-8-12/h10-13H,4-9,14H2,1-3H3. The molecule has 1 aliphatic carbocycles. The second-order valence-corrected chi connectivity index (χ2v) is 5.43. The molecule has 2 atom stereocenters. The maximum atomic E-state index is 6.27. The van der Waals surface area contributed by atoms with Crippen molar-refractivity contribution in [1.82, 2.24) is 0 Å². The first-order chi connectivity index (χ1) is 6.63. The molecule has 0 aromatic heterocycles. The minimum absolute atomic E-state index is 0.470. The Morgan fingerprint density at radius 3 is 2.29 bits per heavy atom. The number of hydrogen-bond donors (Lipinski definition) is 1. The number of rotatable bonds is 4. The Balaban J connectivity index is 2.26. The molecule has 1 aliphatic rings. The Bertz CT molecular complexity index is 147. The largest absolute Gasteiger partial charge is 0.327 e. The van der Waals surface area contributed by atoms with Gasteiger partial charge < -0.3 is 5.73 Å². The summed E-state index contributed by atoms with van der Waals surface area (Å²) < 4.78 is 0. The van der Waals surface area contributed by atoms with Gasteiger partial charge in [-0.3, -0.25) is 0 Å². The predicted octanol–water partition coefficient (Wildman–Crippen LogP) is 3.58. The molecule has 0 heterocycles. The topological polar surface area (TPSA) is 26.0 Å². The average molecular weight is 197 g/mol. The summed E-state index contributed by atoms with van der Waals surface area (Å²) in [6, 6.07) is 0.470. The zero-order valence-electron chi connectivity index (χ0n) is 10.1. The van der Waals surface area contributed by atoms with Gasteiger partial charge >= 0.3 is 0 Å². The molecule has 0 aromatic carbocycles.